The molecule has 2 rings (SSSR count). The Morgan fingerprint density at radius 3 is 1.40 bits per heavy atom. The van der Waals surface area contributed by atoms with Gasteiger partial charge in [-0.2, -0.15) is 0 Å². The van der Waals surface area contributed by atoms with Crippen molar-refractivity contribution in [1.82, 2.24) is 0 Å². The van der Waals surface area contributed by atoms with Crippen LogP contribution in [0.3, 0.4) is 0 Å². The molecule has 2 heteroatoms. The molecule has 58 valence electrons. The molecule has 4 atom stereocenters. The normalized spacial score (nSPS) is 53.4. The summed E-state index contributed by atoms with van der Waals surface area (Å²) in [7, 11) is 1.03. The van der Waals surface area contributed by atoms with E-state index in [0.29, 0.717) is 15.8 Å². The quantitative estimate of drug-likeness (QED) is 0.536. The number of hydrogen-bond donors (Lipinski definition) is 0. The van der Waals surface area contributed by atoms with Crippen LogP contribution in [-0.2, 0) is 0 Å². The Balaban J connectivity index is 1.87. The molecule has 0 aromatic heterocycles. The molecule has 2 heterocycles. The van der Waals surface area contributed by atoms with E-state index in [-0.39, 0.29) is 0 Å². The van der Waals surface area contributed by atoms with Gasteiger partial charge < -0.3 is 0 Å². The van der Waals surface area contributed by atoms with Crippen molar-refractivity contribution in [2.24, 2.45) is 0 Å². The molecule has 0 bridgehead atoms. The first-order valence-corrected chi connectivity index (χ1v) is 8.28. The van der Waals surface area contributed by atoms with Crippen molar-refractivity contribution < 1.29 is 0 Å². The zero-order valence-electron chi connectivity index (χ0n) is 6.88. The van der Waals surface area contributed by atoms with Crippen molar-refractivity contribution in [2.45, 2.75) is 24.2 Å². The Labute approximate surface area is 66.3 Å². The van der Waals surface area contributed by atoms with Gasteiger partial charge in [-0.25, -0.2) is 0 Å². The molecule has 0 amide bonds. The van der Waals surface area contributed by atoms with E-state index in [1.807, 2.05) is 0 Å². The van der Waals surface area contributed by atoms with Gasteiger partial charge in [0, 0.05) is 0 Å². The van der Waals surface area contributed by atoms with Crippen LogP contribution in [-0.4, -0.2) is 37.0 Å². The van der Waals surface area contributed by atoms with Crippen molar-refractivity contribution in [3.63, 3.8) is 0 Å². The summed E-state index contributed by atoms with van der Waals surface area (Å²) in [5.41, 5.74) is 2.44. The van der Waals surface area contributed by atoms with Gasteiger partial charge in [-0.15, -0.1) is 15.8 Å². The lowest BCUT2D eigenvalue weighted by Crippen LogP contribution is -2.37. The van der Waals surface area contributed by atoms with Gasteiger partial charge in [0.1, 0.15) is 0 Å². The van der Waals surface area contributed by atoms with Crippen molar-refractivity contribution in [1.29, 1.82) is 0 Å². The molecule has 2 fully saturated rings. The van der Waals surface area contributed by atoms with Gasteiger partial charge in [-0.1, -0.05) is 0 Å². The van der Waals surface area contributed by atoms with E-state index in [9.17, 15) is 0 Å². The molecule has 0 unspecified atom stereocenters. The van der Waals surface area contributed by atoms with Crippen molar-refractivity contribution >= 4 is 15.8 Å². The smallest absolute Gasteiger partial charge is 0.0141 e. The molecule has 2 saturated heterocycles. The summed E-state index contributed by atoms with van der Waals surface area (Å²) in [4.78, 5) is 0. The standard InChI is InChI=1S/C8H16P2/c1-9-5-3-7(9)8-4-6-10(8)2/h7-8H,3-6H2,1-2H3/t7-,8-,9+,10+/m1/s1. The maximum Gasteiger partial charge on any atom is -0.0141 e. The van der Waals surface area contributed by atoms with Crippen LogP contribution in [0, 0.1) is 0 Å². The number of rotatable bonds is 1. The molecule has 10 heavy (non-hydrogen) atoms. The first-order chi connectivity index (χ1) is 4.79. The average Bonchev–Trinajstić information content (AvgIpc) is 1.93. The lowest BCUT2D eigenvalue weighted by Gasteiger charge is -2.48. The van der Waals surface area contributed by atoms with Crippen LogP contribution < -0.4 is 0 Å². The minimum atomic E-state index is 0.514. The lowest BCUT2D eigenvalue weighted by atomic mass is 10.2. The van der Waals surface area contributed by atoms with Crippen LogP contribution in [0.2, 0.25) is 0 Å². The van der Waals surface area contributed by atoms with Crippen LogP contribution in [0.1, 0.15) is 12.8 Å². The van der Waals surface area contributed by atoms with Crippen LogP contribution in [0.5, 0.6) is 0 Å². The Morgan fingerprint density at radius 1 is 0.900 bits per heavy atom. The molecule has 0 spiro atoms. The zero-order valence-corrected chi connectivity index (χ0v) is 8.67. The van der Waals surface area contributed by atoms with Gasteiger partial charge in [0.05, 0.1) is 0 Å². The summed E-state index contributed by atoms with van der Waals surface area (Å²) < 4.78 is 0. The molecule has 0 radical (unpaired) electrons. The average molecular weight is 174 g/mol. The van der Waals surface area contributed by atoms with E-state index in [2.05, 4.69) is 13.3 Å². The number of hydrogen-bond acceptors (Lipinski definition) is 0. The summed E-state index contributed by atoms with van der Waals surface area (Å²) in [6.45, 7) is 5.01. The molecular weight excluding hydrogens is 158 g/mol. The minimum Gasteiger partial charge on any atom is -0.106 e. The van der Waals surface area contributed by atoms with Gasteiger partial charge in [0.15, 0.2) is 0 Å². The highest BCUT2D eigenvalue weighted by molar-refractivity contribution is 7.64. The Hall–Kier alpha value is 0.860. The highest BCUT2D eigenvalue weighted by Crippen LogP contribution is 2.63. The second kappa shape index (κ2) is 2.72. The summed E-state index contributed by atoms with van der Waals surface area (Å²) >= 11 is 0. The fourth-order valence-electron chi connectivity index (χ4n) is 2.05. The van der Waals surface area contributed by atoms with E-state index in [0.717, 1.165) is 0 Å². The maximum atomic E-state index is 2.50. The minimum absolute atomic E-state index is 0.514. The SMILES string of the molecule is C[P@@]1CC[C@@H]1[C@H]1CC[P@]1C. The third-order valence-electron chi connectivity index (χ3n) is 3.13. The fraction of sp³-hybridized carbons (Fsp3) is 1.00. The van der Waals surface area contributed by atoms with E-state index < -0.39 is 0 Å². The molecule has 0 aromatic rings. The fourth-order valence-corrected chi connectivity index (χ4v) is 7.03. The molecule has 0 aliphatic carbocycles. The summed E-state index contributed by atoms with van der Waals surface area (Å²) in [6, 6.07) is 0. The monoisotopic (exact) mass is 174 g/mol. The van der Waals surface area contributed by atoms with E-state index in [4.69, 9.17) is 0 Å². The van der Waals surface area contributed by atoms with E-state index in [1.54, 1.807) is 25.2 Å². The molecule has 0 aromatic carbocycles. The highest BCUT2D eigenvalue weighted by atomic mass is 31.1. The Bertz CT molecular complexity index is 119. The predicted molar refractivity (Wildman–Crippen MR) is 52.2 cm³/mol. The lowest BCUT2D eigenvalue weighted by molar-refractivity contribution is 0.653. The van der Waals surface area contributed by atoms with Gasteiger partial charge in [-0.05, 0) is 49.8 Å². The van der Waals surface area contributed by atoms with Crippen molar-refractivity contribution in [2.75, 3.05) is 25.7 Å². The topological polar surface area (TPSA) is 0 Å². The largest absolute Gasteiger partial charge is 0.106 e. The molecule has 0 saturated carbocycles. The maximum absolute atomic E-state index is 2.50. The molecule has 0 N–H and O–H groups in total. The Kier molecular flexibility index (Phi) is 2.04. The summed E-state index contributed by atoms with van der Waals surface area (Å²) in [5, 5.41) is 0. The van der Waals surface area contributed by atoms with Crippen LogP contribution >= 0.6 is 15.8 Å². The van der Waals surface area contributed by atoms with E-state index in [1.165, 1.54) is 11.3 Å². The van der Waals surface area contributed by atoms with Crippen LogP contribution in [0.4, 0.5) is 0 Å². The van der Waals surface area contributed by atoms with Gasteiger partial charge in [0.2, 0.25) is 0 Å². The summed E-state index contributed by atoms with van der Waals surface area (Å²) in [5.74, 6) is 0. The molecule has 2 aliphatic rings. The van der Waals surface area contributed by atoms with Crippen LogP contribution in [0.25, 0.3) is 0 Å². The molecular formula is C8H16P2. The highest BCUT2D eigenvalue weighted by Gasteiger charge is 2.40. The Morgan fingerprint density at radius 2 is 1.30 bits per heavy atom. The third-order valence-corrected chi connectivity index (χ3v) is 8.79. The third kappa shape index (κ3) is 1.05. The van der Waals surface area contributed by atoms with Crippen molar-refractivity contribution in [3.8, 4) is 0 Å². The first-order valence-electron chi connectivity index (χ1n) is 4.19. The van der Waals surface area contributed by atoms with Crippen LogP contribution in [0.15, 0.2) is 0 Å². The predicted octanol–water partition coefficient (Wildman–Crippen LogP) is 2.75. The summed E-state index contributed by atoms with van der Waals surface area (Å²) in [6.07, 6.45) is 6.33. The molecule has 0 nitrogen and oxygen atoms in total. The molecule has 2 aliphatic heterocycles. The zero-order chi connectivity index (χ0) is 7.14. The van der Waals surface area contributed by atoms with Gasteiger partial charge >= 0.3 is 0 Å². The first kappa shape index (κ1) is 7.51. The van der Waals surface area contributed by atoms with Gasteiger partial charge in [-0.3, -0.25) is 0 Å². The van der Waals surface area contributed by atoms with Crippen molar-refractivity contribution in [3.05, 3.63) is 0 Å². The second-order valence-electron chi connectivity index (χ2n) is 3.67. The van der Waals surface area contributed by atoms with E-state index >= 15 is 0 Å². The van der Waals surface area contributed by atoms with Gasteiger partial charge in [0.25, 0.3) is 0 Å². The second-order valence-corrected chi connectivity index (χ2v) is 8.92.